The van der Waals surface area contributed by atoms with Crippen molar-refractivity contribution in [3.63, 3.8) is 0 Å². The van der Waals surface area contributed by atoms with Crippen molar-refractivity contribution in [3.8, 4) is 0 Å². The molecular formula is C13H19N3S. The molecule has 17 heavy (non-hydrogen) atoms. The maximum atomic E-state index is 4.39. The van der Waals surface area contributed by atoms with E-state index in [0.717, 1.165) is 25.3 Å². The van der Waals surface area contributed by atoms with Crippen LogP contribution in [0.25, 0.3) is 0 Å². The van der Waals surface area contributed by atoms with Gasteiger partial charge in [0.2, 0.25) is 0 Å². The molecule has 0 amide bonds. The molecule has 0 aliphatic rings. The van der Waals surface area contributed by atoms with E-state index in [1.54, 1.807) is 0 Å². The first-order valence-electron chi connectivity index (χ1n) is 6.01. The maximum absolute atomic E-state index is 4.39. The molecule has 0 bridgehead atoms. The maximum Gasteiger partial charge on any atom is 0.122 e. The van der Waals surface area contributed by atoms with Gasteiger partial charge in [0.05, 0.1) is 6.54 Å². The monoisotopic (exact) mass is 249 g/mol. The van der Waals surface area contributed by atoms with Crippen LogP contribution in [0.5, 0.6) is 0 Å². The van der Waals surface area contributed by atoms with Gasteiger partial charge in [-0.15, -0.1) is 11.3 Å². The molecule has 4 heteroatoms. The zero-order valence-electron chi connectivity index (χ0n) is 10.4. The molecule has 0 spiro atoms. The van der Waals surface area contributed by atoms with Crippen molar-refractivity contribution in [1.82, 2.24) is 14.9 Å². The van der Waals surface area contributed by atoms with E-state index in [2.05, 4.69) is 52.4 Å². The van der Waals surface area contributed by atoms with Crippen molar-refractivity contribution in [1.29, 1.82) is 0 Å². The summed E-state index contributed by atoms with van der Waals surface area (Å²) in [5.41, 5.74) is 0. The van der Waals surface area contributed by atoms with Crippen molar-refractivity contribution >= 4 is 11.3 Å². The van der Waals surface area contributed by atoms with Crippen molar-refractivity contribution in [2.75, 3.05) is 0 Å². The lowest BCUT2D eigenvalue weighted by molar-refractivity contribution is 0.545. The standard InChI is InChI=1S/C13H19N3S/c1-11(2)15-10-13-14-6-8-16(13)7-5-12-4-3-9-17-12/h3-4,6,8-9,11,15H,5,7,10H2,1-2H3. The van der Waals surface area contributed by atoms with Crippen LogP contribution in [0.15, 0.2) is 29.9 Å². The molecule has 2 aromatic heterocycles. The Bertz CT molecular complexity index is 431. The van der Waals surface area contributed by atoms with Crippen LogP contribution in [0.4, 0.5) is 0 Å². The molecular weight excluding hydrogens is 230 g/mol. The molecule has 2 rings (SSSR count). The predicted octanol–water partition coefficient (Wildman–Crippen LogP) is 2.69. The van der Waals surface area contributed by atoms with Crippen molar-refractivity contribution in [2.24, 2.45) is 0 Å². The van der Waals surface area contributed by atoms with Gasteiger partial charge in [-0.3, -0.25) is 0 Å². The van der Waals surface area contributed by atoms with Gasteiger partial charge < -0.3 is 9.88 Å². The van der Waals surface area contributed by atoms with Gasteiger partial charge in [-0.05, 0) is 17.9 Å². The number of nitrogens with zero attached hydrogens (tertiary/aromatic N) is 2. The summed E-state index contributed by atoms with van der Waals surface area (Å²) in [5.74, 6) is 1.12. The Morgan fingerprint density at radius 3 is 3.06 bits per heavy atom. The minimum Gasteiger partial charge on any atom is -0.334 e. The highest BCUT2D eigenvalue weighted by Gasteiger charge is 2.03. The van der Waals surface area contributed by atoms with Crippen LogP contribution in [0.3, 0.4) is 0 Å². The number of hydrogen-bond donors (Lipinski definition) is 1. The van der Waals surface area contributed by atoms with Crippen molar-refractivity contribution in [3.05, 3.63) is 40.6 Å². The third-order valence-electron chi connectivity index (χ3n) is 2.65. The number of imidazole rings is 1. The SMILES string of the molecule is CC(C)NCc1nccn1CCc1cccs1. The average Bonchev–Trinajstić information content (AvgIpc) is 2.95. The van der Waals surface area contributed by atoms with E-state index in [1.807, 2.05) is 17.5 Å². The largest absolute Gasteiger partial charge is 0.334 e. The Morgan fingerprint density at radius 2 is 2.35 bits per heavy atom. The molecule has 0 atom stereocenters. The van der Waals surface area contributed by atoms with Gasteiger partial charge >= 0.3 is 0 Å². The molecule has 0 aliphatic heterocycles. The van der Waals surface area contributed by atoms with Gasteiger partial charge in [-0.1, -0.05) is 19.9 Å². The number of nitrogens with one attached hydrogen (secondary N) is 1. The fourth-order valence-electron chi connectivity index (χ4n) is 1.69. The summed E-state index contributed by atoms with van der Waals surface area (Å²) in [6.07, 6.45) is 5.03. The number of aryl methyl sites for hydroxylation is 2. The van der Waals surface area contributed by atoms with Gasteiger partial charge in [0.25, 0.3) is 0 Å². The van der Waals surface area contributed by atoms with E-state index in [1.165, 1.54) is 4.88 Å². The Hall–Kier alpha value is -1.13. The Morgan fingerprint density at radius 1 is 1.47 bits per heavy atom. The Balaban J connectivity index is 1.90. The van der Waals surface area contributed by atoms with E-state index in [0.29, 0.717) is 6.04 Å². The number of aromatic nitrogens is 2. The zero-order valence-corrected chi connectivity index (χ0v) is 11.2. The van der Waals surface area contributed by atoms with E-state index < -0.39 is 0 Å². The predicted molar refractivity (Wildman–Crippen MR) is 72.2 cm³/mol. The number of thiophene rings is 1. The van der Waals surface area contributed by atoms with Crippen LogP contribution in [0.2, 0.25) is 0 Å². The van der Waals surface area contributed by atoms with Crippen molar-refractivity contribution < 1.29 is 0 Å². The minimum atomic E-state index is 0.498. The van der Waals surface area contributed by atoms with Crippen molar-refractivity contribution in [2.45, 2.75) is 39.4 Å². The van der Waals surface area contributed by atoms with E-state index in [-0.39, 0.29) is 0 Å². The molecule has 2 heterocycles. The highest BCUT2D eigenvalue weighted by Crippen LogP contribution is 2.10. The lowest BCUT2D eigenvalue weighted by Gasteiger charge is -2.10. The fraction of sp³-hybridized carbons (Fsp3) is 0.462. The van der Waals surface area contributed by atoms with Gasteiger partial charge in [0, 0.05) is 29.9 Å². The summed E-state index contributed by atoms with van der Waals surface area (Å²) in [7, 11) is 0. The molecule has 0 unspecified atom stereocenters. The highest BCUT2D eigenvalue weighted by molar-refractivity contribution is 7.09. The van der Waals surface area contributed by atoms with Crippen LogP contribution in [-0.2, 0) is 19.5 Å². The second-order valence-corrected chi connectivity index (χ2v) is 5.43. The molecule has 1 N–H and O–H groups in total. The van der Waals surface area contributed by atoms with Crippen LogP contribution in [-0.4, -0.2) is 15.6 Å². The van der Waals surface area contributed by atoms with Gasteiger partial charge in [-0.2, -0.15) is 0 Å². The molecule has 0 aromatic carbocycles. The third-order valence-corrected chi connectivity index (χ3v) is 3.59. The molecule has 0 saturated heterocycles. The van der Waals surface area contributed by atoms with Crippen LogP contribution >= 0.6 is 11.3 Å². The van der Waals surface area contributed by atoms with E-state index >= 15 is 0 Å². The van der Waals surface area contributed by atoms with Crippen LogP contribution < -0.4 is 5.32 Å². The molecule has 92 valence electrons. The van der Waals surface area contributed by atoms with Gasteiger partial charge in [0.1, 0.15) is 5.82 Å². The first-order valence-corrected chi connectivity index (χ1v) is 6.89. The molecule has 3 nitrogen and oxygen atoms in total. The Labute approximate surface area is 107 Å². The second kappa shape index (κ2) is 5.98. The Kier molecular flexibility index (Phi) is 4.34. The van der Waals surface area contributed by atoms with E-state index in [4.69, 9.17) is 0 Å². The van der Waals surface area contributed by atoms with Gasteiger partial charge in [0.15, 0.2) is 0 Å². The molecule has 0 aliphatic carbocycles. The summed E-state index contributed by atoms with van der Waals surface area (Å²) in [4.78, 5) is 5.82. The van der Waals surface area contributed by atoms with Crippen LogP contribution in [0.1, 0.15) is 24.5 Å². The summed E-state index contributed by atoms with van der Waals surface area (Å²) in [5, 5.41) is 5.53. The highest BCUT2D eigenvalue weighted by atomic mass is 32.1. The average molecular weight is 249 g/mol. The first kappa shape index (κ1) is 12.3. The topological polar surface area (TPSA) is 29.9 Å². The summed E-state index contributed by atoms with van der Waals surface area (Å²) >= 11 is 1.82. The summed E-state index contributed by atoms with van der Waals surface area (Å²) < 4.78 is 2.23. The minimum absolute atomic E-state index is 0.498. The fourth-order valence-corrected chi connectivity index (χ4v) is 2.39. The second-order valence-electron chi connectivity index (χ2n) is 4.40. The quantitative estimate of drug-likeness (QED) is 0.853. The zero-order chi connectivity index (χ0) is 12.1. The third kappa shape index (κ3) is 3.68. The number of rotatable bonds is 6. The summed E-state index contributed by atoms with van der Waals surface area (Å²) in [6, 6.07) is 4.79. The lowest BCUT2D eigenvalue weighted by Crippen LogP contribution is -2.24. The molecule has 0 saturated carbocycles. The summed E-state index contributed by atoms with van der Waals surface area (Å²) in [6.45, 7) is 6.16. The molecule has 0 radical (unpaired) electrons. The smallest absolute Gasteiger partial charge is 0.122 e. The number of hydrogen-bond acceptors (Lipinski definition) is 3. The van der Waals surface area contributed by atoms with Crippen LogP contribution in [0, 0.1) is 0 Å². The van der Waals surface area contributed by atoms with Gasteiger partial charge in [-0.25, -0.2) is 4.98 Å². The van der Waals surface area contributed by atoms with E-state index in [9.17, 15) is 0 Å². The normalized spacial score (nSPS) is 11.2. The molecule has 0 fully saturated rings. The lowest BCUT2D eigenvalue weighted by atomic mass is 10.3. The molecule has 2 aromatic rings. The first-order chi connectivity index (χ1) is 8.25.